The average Bonchev–Trinajstić information content (AvgIpc) is 2.29. The number of aliphatic hydroxyl groups excluding tert-OH is 1. The summed E-state index contributed by atoms with van der Waals surface area (Å²) in [5, 5.41) is 8.83. The molecule has 0 rings (SSSR count). The third-order valence-corrected chi connectivity index (χ3v) is 3.64. The van der Waals surface area contributed by atoms with Gasteiger partial charge in [0.2, 0.25) is 0 Å². The molecule has 0 aromatic heterocycles. The molecule has 0 amide bonds. The van der Waals surface area contributed by atoms with Crippen molar-refractivity contribution in [3.05, 3.63) is 12.1 Å². The molecule has 0 aliphatic heterocycles. The first-order valence-electron chi connectivity index (χ1n) is 4.70. The third kappa shape index (κ3) is 9.41. The molecule has 0 spiro atoms. The first kappa shape index (κ1) is 19.1. The Kier molecular flexibility index (Phi) is 12.2. The Hall–Kier alpha value is -0.290. The lowest BCUT2D eigenvalue weighted by atomic mass is 10.9. The summed E-state index contributed by atoms with van der Waals surface area (Å²) in [6, 6.07) is 0. The van der Waals surface area contributed by atoms with E-state index in [9.17, 15) is 9.13 Å². The number of rotatable bonds is 7. The molecule has 0 saturated heterocycles. The summed E-state index contributed by atoms with van der Waals surface area (Å²) in [4.78, 5) is 0. The Morgan fingerprint density at radius 3 is 1.71 bits per heavy atom. The molecule has 1 N–H and O–H groups in total. The largest absolute Gasteiger partial charge is 0.696 e. The summed E-state index contributed by atoms with van der Waals surface area (Å²) in [7, 11) is -2.61. The minimum Gasteiger partial charge on any atom is -0.502 e. The van der Waals surface area contributed by atoms with Crippen molar-refractivity contribution in [2.75, 3.05) is 27.4 Å². The van der Waals surface area contributed by atoms with Crippen LogP contribution < -0.4 is 0 Å². The molecule has 17 heavy (non-hydrogen) atoms. The molecule has 0 saturated carbocycles. The maximum absolute atomic E-state index is 11.3. The van der Waals surface area contributed by atoms with Crippen molar-refractivity contribution in [2.45, 2.75) is 13.8 Å². The van der Waals surface area contributed by atoms with Crippen LogP contribution in [-0.4, -0.2) is 32.5 Å². The lowest BCUT2D eigenvalue weighted by molar-refractivity contribution is 0.211. The lowest BCUT2D eigenvalue weighted by Gasteiger charge is -2.14. The van der Waals surface area contributed by atoms with Gasteiger partial charge in [-0.2, -0.15) is 0 Å². The highest BCUT2D eigenvalue weighted by Crippen LogP contribution is 2.53. The van der Waals surface area contributed by atoms with Gasteiger partial charge in [0.05, 0.1) is 27.4 Å². The van der Waals surface area contributed by atoms with Crippen LogP contribution in [0, 0.1) is 0 Å². The van der Waals surface area contributed by atoms with E-state index in [-0.39, 0.29) is 13.2 Å². The molecular formula is C8H19O7P2+. The molecule has 0 unspecified atom stereocenters. The number of hydrogen-bond acceptors (Lipinski definition) is 7. The fourth-order valence-corrected chi connectivity index (χ4v) is 1.80. The molecule has 0 fully saturated rings. The van der Waals surface area contributed by atoms with Crippen molar-refractivity contribution >= 4 is 15.9 Å². The Morgan fingerprint density at radius 2 is 1.59 bits per heavy atom. The van der Waals surface area contributed by atoms with Gasteiger partial charge in [-0.25, -0.2) is 0 Å². The summed E-state index contributed by atoms with van der Waals surface area (Å²) < 4.78 is 39.0. The smallest absolute Gasteiger partial charge is 0.502 e. The predicted molar refractivity (Wildman–Crippen MR) is 64.3 cm³/mol. The first-order valence-corrected chi connectivity index (χ1v) is 7.34. The zero-order valence-corrected chi connectivity index (χ0v) is 12.2. The minimum atomic E-state index is -3.43. The first-order chi connectivity index (χ1) is 7.87. The Bertz CT molecular complexity index is 263. The molecule has 0 aromatic carbocycles. The highest BCUT2D eigenvalue weighted by molar-refractivity contribution is 7.58. The van der Waals surface area contributed by atoms with Gasteiger partial charge in [-0.15, -0.1) is 9.05 Å². The van der Waals surface area contributed by atoms with E-state index in [1.807, 2.05) is 0 Å². The maximum atomic E-state index is 11.3. The molecule has 0 radical (unpaired) electrons. The van der Waals surface area contributed by atoms with Crippen LogP contribution in [0.5, 0.6) is 0 Å². The van der Waals surface area contributed by atoms with Crippen LogP contribution in [0.4, 0.5) is 0 Å². The maximum Gasteiger partial charge on any atom is 0.696 e. The number of aliphatic hydroxyl groups is 1. The zero-order valence-electron chi connectivity index (χ0n) is 10.4. The van der Waals surface area contributed by atoms with Gasteiger partial charge in [0.1, 0.15) is 0 Å². The molecular weight excluding hydrogens is 270 g/mol. The van der Waals surface area contributed by atoms with Crippen molar-refractivity contribution in [3.8, 4) is 0 Å². The van der Waals surface area contributed by atoms with Crippen LogP contribution >= 0.6 is 15.9 Å². The molecule has 0 atom stereocenters. The SMILES string of the molecule is C=C(O)P(=O)(OCC)OCC.CO[P+](=O)OC. The van der Waals surface area contributed by atoms with Gasteiger partial charge in [0.25, 0.3) is 0 Å². The van der Waals surface area contributed by atoms with Crippen LogP contribution in [0.2, 0.25) is 0 Å². The summed E-state index contributed by atoms with van der Waals surface area (Å²) in [6.45, 7) is 6.87. The van der Waals surface area contributed by atoms with Crippen molar-refractivity contribution in [3.63, 3.8) is 0 Å². The molecule has 9 heteroatoms. The van der Waals surface area contributed by atoms with E-state index in [1.54, 1.807) is 13.8 Å². The molecule has 7 nitrogen and oxygen atoms in total. The quantitative estimate of drug-likeness (QED) is 0.568. The second-order valence-electron chi connectivity index (χ2n) is 2.34. The van der Waals surface area contributed by atoms with Gasteiger partial charge in [-0.1, -0.05) is 0 Å². The summed E-state index contributed by atoms with van der Waals surface area (Å²) in [6.07, 6.45) is 0. The lowest BCUT2D eigenvalue weighted by Crippen LogP contribution is -1.97. The van der Waals surface area contributed by atoms with Crippen LogP contribution in [0.3, 0.4) is 0 Å². The van der Waals surface area contributed by atoms with Gasteiger partial charge >= 0.3 is 15.9 Å². The van der Waals surface area contributed by atoms with Crippen LogP contribution in [-0.2, 0) is 27.2 Å². The standard InChI is InChI=1S/C6H13O4P.C2H6O3P/c1-4-9-11(8,6(3)7)10-5-2;1-4-6(3)5-2/h7H,3-5H2,1-2H3;1-2H3/q;+1. The fourth-order valence-electron chi connectivity index (χ4n) is 0.601. The topological polar surface area (TPSA) is 91.3 Å². The van der Waals surface area contributed by atoms with Gasteiger partial charge < -0.3 is 14.2 Å². The molecule has 0 aliphatic carbocycles. The molecule has 0 aromatic rings. The Morgan fingerprint density at radius 1 is 1.24 bits per heavy atom. The van der Waals surface area contributed by atoms with Crippen LogP contribution in [0.15, 0.2) is 12.1 Å². The van der Waals surface area contributed by atoms with E-state index in [4.69, 9.17) is 14.2 Å². The Labute approximate surface area is 102 Å². The van der Waals surface area contributed by atoms with E-state index in [0.29, 0.717) is 0 Å². The minimum absolute atomic E-state index is 0.219. The van der Waals surface area contributed by atoms with Crippen LogP contribution in [0.25, 0.3) is 0 Å². The van der Waals surface area contributed by atoms with Crippen molar-refractivity contribution < 1.29 is 32.3 Å². The molecule has 0 heterocycles. The van der Waals surface area contributed by atoms with Gasteiger partial charge in [-0.05, 0) is 20.4 Å². The highest BCUT2D eigenvalue weighted by Gasteiger charge is 2.27. The normalized spacial score (nSPS) is 10.4. The summed E-state index contributed by atoms with van der Waals surface area (Å²) in [5.41, 5.74) is -0.541. The highest BCUT2D eigenvalue weighted by atomic mass is 31.2. The molecule has 0 bridgehead atoms. The van der Waals surface area contributed by atoms with Crippen molar-refractivity contribution in [1.82, 2.24) is 0 Å². The van der Waals surface area contributed by atoms with Crippen molar-refractivity contribution in [2.24, 2.45) is 0 Å². The second-order valence-corrected chi connectivity index (χ2v) is 5.54. The van der Waals surface area contributed by atoms with Gasteiger partial charge in [0.15, 0.2) is 5.50 Å². The van der Waals surface area contributed by atoms with E-state index in [2.05, 4.69) is 15.6 Å². The molecule has 102 valence electrons. The average molecular weight is 289 g/mol. The van der Waals surface area contributed by atoms with Gasteiger partial charge in [-0.3, -0.25) is 4.57 Å². The van der Waals surface area contributed by atoms with E-state index in [1.165, 1.54) is 14.2 Å². The second kappa shape index (κ2) is 10.8. The van der Waals surface area contributed by atoms with E-state index < -0.39 is 21.4 Å². The molecule has 0 aliphatic rings. The van der Waals surface area contributed by atoms with Crippen molar-refractivity contribution in [1.29, 1.82) is 0 Å². The number of hydrogen-bond donors (Lipinski definition) is 1. The van der Waals surface area contributed by atoms with Crippen LogP contribution in [0.1, 0.15) is 13.8 Å². The van der Waals surface area contributed by atoms with Gasteiger partial charge in [0, 0.05) is 4.57 Å². The van der Waals surface area contributed by atoms with E-state index in [0.717, 1.165) is 0 Å². The predicted octanol–water partition coefficient (Wildman–Crippen LogP) is 3.22. The Balaban J connectivity index is 0. The fraction of sp³-hybridized carbons (Fsp3) is 0.750. The summed E-state index contributed by atoms with van der Waals surface area (Å²) >= 11 is 0. The summed E-state index contributed by atoms with van der Waals surface area (Å²) in [5.74, 6) is 0. The van der Waals surface area contributed by atoms with E-state index >= 15 is 0 Å². The monoisotopic (exact) mass is 289 g/mol. The third-order valence-electron chi connectivity index (χ3n) is 1.21. The zero-order chi connectivity index (χ0) is 13.9.